The van der Waals surface area contributed by atoms with Gasteiger partial charge in [0, 0.05) is 5.02 Å². The van der Waals surface area contributed by atoms with Crippen LogP contribution >= 0.6 is 11.6 Å². The molecule has 1 aromatic carbocycles. The van der Waals surface area contributed by atoms with Crippen molar-refractivity contribution < 1.29 is 18.4 Å². The van der Waals surface area contributed by atoms with Crippen molar-refractivity contribution in [3.63, 3.8) is 0 Å². The maximum absolute atomic E-state index is 12.4. The van der Waals surface area contributed by atoms with E-state index >= 15 is 0 Å². The number of rotatable bonds is 6. The van der Waals surface area contributed by atoms with Crippen molar-refractivity contribution in [1.82, 2.24) is 5.32 Å². The fourth-order valence-electron chi connectivity index (χ4n) is 2.25. The van der Waals surface area contributed by atoms with E-state index in [1.54, 1.807) is 62.6 Å². The summed E-state index contributed by atoms with van der Waals surface area (Å²) in [7, 11) is 0. The monoisotopic (exact) mass is 359 g/mol. The van der Waals surface area contributed by atoms with E-state index in [1.807, 2.05) is 6.07 Å². The van der Waals surface area contributed by atoms with Crippen LogP contribution in [0, 0.1) is 0 Å². The van der Waals surface area contributed by atoms with Crippen molar-refractivity contribution in [2.24, 2.45) is 0 Å². The van der Waals surface area contributed by atoms with Gasteiger partial charge in [-0.15, -0.1) is 0 Å². The van der Waals surface area contributed by atoms with E-state index in [0.717, 1.165) is 0 Å². The Morgan fingerprint density at radius 1 is 1.12 bits per heavy atom. The van der Waals surface area contributed by atoms with E-state index in [4.69, 9.17) is 25.2 Å². The number of amides is 1. The fourth-order valence-corrected chi connectivity index (χ4v) is 2.37. The highest BCUT2D eigenvalue weighted by atomic mass is 35.5. The van der Waals surface area contributed by atoms with Crippen LogP contribution in [0.1, 0.15) is 19.6 Å². The SMILES string of the molecule is CC(C)(Oc1ccc(Cl)cc1)C(=O)NCc1ccc(-c2ccco2)o1. The summed E-state index contributed by atoms with van der Waals surface area (Å²) in [6.07, 6.45) is 1.58. The van der Waals surface area contributed by atoms with E-state index in [1.165, 1.54) is 0 Å². The third-order valence-electron chi connectivity index (χ3n) is 3.58. The first-order valence-corrected chi connectivity index (χ1v) is 8.17. The number of carbonyl (C=O) groups is 1. The molecule has 0 radical (unpaired) electrons. The third-order valence-corrected chi connectivity index (χ3v) is 3.83. The molecule has 0 bridgehead atoms. The number of ether oxygens (including phenoxy) is 1. The second kappa shape index (κ2) is 7.07. The van der Waals surface area contributed by atoms with Crippen molar-refractivity contribution in [3.8, 4) is 17.3 Å². The summed E-state index contributed by atoms with van der Waals surface area (Å²) >= 11 is 5.85. The molecule has 1 amide bonds. The molecular formula is C19H18ClNO4. The van der Waals surface area contributed by atoms with Crippen molar-refractivity contribution in [2.75, 3.05) is 0 Å². The molecule has 130 valence electrons. The first-order valence-electron chi connectivity index (χ1n) is 7.79. The van der Waals surface area contributed by atoms with Gasteiger partial charge in [0.05, 0.1) is 12.8 Å². The molecule has 0 aliphatic heterocycles. The molecule has 0 spiro atoms. The molecule has 2 aromatic heterocycles. The molecular weight excluding hydrogens is 342 g/mol. The number of benzene rings is 1. The lowest BCUT2D eigenvalue weighted by Gasteiger charge is -2.25. The van der Waals surface area contributed by atoms with Gasteiger partial charge in [0.15, 0.2) is 17.1 Å². The van der Waals surface area contributed by atoms with E-state index in [-0.39, 0.29) is 12.5 Å². The second-order valence-corrected chi connectivity index (χ2v) is 6.43. The number of hydrogen-bond donors (Lipinski definition) is 1. The van der Waals surface area contributed by atoms with Gasteiger partial charge in [-0.05, 0) is 62.4 Å². The highest BCUT2D eigenvalue weighted by Crippen LogP contribution is 2.23. The molecule has 1 N–H and O–H groups in total. The first-order chi connectivity index (χ1) is 11.9. The minimum atomic E-state index is -1.04. The number of hydrogen-bond acceptors (Lipinski definition) is 4. The van der Waals surface area contributed by atoms with Gasteiger partial charge in [0.25, 0.3) is 5.91 Å². The lowest BCUT2D eigenvalue weighted by Crippen LogP contribution is -2.46. The topological polar surface area (TPSA) is 64.6 Å². The van der Waals surface area contributed by atoms with Gasteiger partial charge in [0.1, 0.15) is 11.5 Å². The van der Waals surface area contributed by atoms with Crippen LogP contribution in [0.4, 0.5) is 0 Å². The Morgan fingerprint density at radius 2 is 1.88 bits per heavy atom. The summed E-state index contributed by atoms with van der Waals surface area (Å²) in [5.74, 6) is 2.21. The Labute approximate surface area is 150 Å². The molecule has 3 aromatic rings. The minimum absolute atomic E-state index is 0.251. The van der Waals surface area contributed by atoms with Crippen LogP contribution in [-0.4, -0.2) is 11.5 Å². The molecule has 0 aliphatic carbocycles. The molecule has 0 aliphatic rings. The van der Waals surface area contributed by atoms with Crippen LogP contribution in [0.25, 0.3) is 11.5 Å². The average molecular weight is 360 g/mol. The second-order valence-electron chi connectivity index (χ2n) is 5.99. The van der Waals surface area contributed by atoms with Crippen LogP contribution < -0.4 is 10.1 Å². The summed E-state index contributed by atoms with van der Waals surface area (Å²) in [6, 6.07) is 14.1. The number of nitrogens with one attached hydrogen (secondary N) is 1. The highest BCUT2D eigenvalue weighted by Gasteiger charge is 2.30. The summed E-state index contributed by atoms with van der Waals surface area (Å²) < 4.78 is 16.7. The van der Waals surface area contributed by atoms with Gasteiger partial charge < -0.3 is 18.9 Å². The lowest BCUT2D eigenvalue weighted by atomic mass is 10.1. The van der Waals surface area contributed by atoms with E-state index in [0.29, 0.717) is 28.1 Å². The van der Waals surface area contributed by atoms with Gasteiger partial charge in [-0.25, -0.2) is 0 Å². The standard InChI is InChI=1S/C19H18ClNO4/c1-19(2,25-14-7-5-13(20)6-8-14)18(22)21-12-15-9-10-17(24-15)16-4-3-11-23-16/h3-11H,12H2,1-2H3,(H,21,22). The van der Waals surface area contributed by atoms with Gasteiger partial charge in [-0.3, -0.25) is 4.79 Å². The lowest BCUT2D eigenvalue weighted by molar-refractivity contribution is -0.134. The average Bonchev–Trinajstić information content (AvgIpc) is 3.25. The fraction of sp³-hybridized carbons (Fsp3) is 0.211. The summed E-state index contributed by atoms with van der Waals surface area (Å²) in [6.45, 7) is 3.66. The largest absolute Gasteiger partial charge is 0.478 e. The van der Waals surface area contributed by atoms with Crippen LogP contribution in [0.15, 0.2) is 63.6 Å². The predicted octanol–water partition coefficient (Wildman–Crippen LogP) is 4.67. The number of halogens is 1. The Hall–Kier alpha value is -2.66. The van der Waals surface area contributed by atoms with Crippen LogP contribution in [0.3, 0.4) is 0 Å². The first kappa shape index (κ1) is 17.2. The van der Waals surface area contributed by atoms with Gasteiger partial charge in [0.2, 0.25) is 0 Å². The number of furan rings is 2. The van der Waals surface area contributed by atoms with Gasteiger partial charge in [-0.1, -0.05) is 11.6 Å². The van der Waals surface area contributed by atoms with E-state index in [9.17, 15) is 4.79 Å². The molecule has 0 saturated carbocycles. The molecule has 0 saturated heterocycles. The number of carbonyl (C=O) groups excluding carboxylic acids is 1. The van der Waals surface area contributed by atoms with Crippen molar-refractivity contribution in [1.29, 1.82) is 0 Å². The normalized spacial score (nSPS) is 11.3. The third kappa shape index (κ3) is 4.25. The maximum atomic E-state index is 12.4. The van der Waals surface area contributed by atoms with E-state index < -0.39 is 5.60 Å². The molecule has 5 nitrogen and oxygen atoms in total. The Kier molecular flexibility index (Phi) is 4.86. The van der Waals surface area contributed by atoms with Crippen molar-refractivity contribution in [3.05, 3.63) is 65.6 Å². The van der Waals surface area contributed by atoms with Crippen molar-refractivity contribution in [2.45, 2.75) is 26.0 Å². The molecule has 0 unspecified atom stereocenters. The van der Waals surface area contributed by atoms with Crippen LogP contribution in [-0.2, 0) is 11.3 Å². The minimum Gasteiger partial charge on any atom is -0.478 e. The van der Waals surface area contributed by atoms with E-state index in [2.05, 4.69) is 5.32 Å². The predicted molar refractivity (Wildman–Crippen MR) is 94.4 cm³/mol. The van der Waals surface area contributed by atoms with Crippen LogP contribution in [0.5, 0.6) is 5.75 Å². The smallest absolute Gasteiger partial charge is 0.263 e. The Bertz CT molecular complexity index is 835. The molecule has 0 fully saturated rings. The molecule has 25 heavy (non-hydrogen) atoms. The zero-order valence-corrected chi connectivity index (χ0v) is 14.7. The zero-order valence-electron chi connectivity index (χ0n) is 13.9. The quantitative estimate of drug-likeness (QED) is 0.694. The summed E-state index contributed by atoms with van der Waals surface area (Å²) in [5, 5.41) is 3.43. The maximum Gasteiger partial charge on any atom is 0.263 e. The Morgan fingerprint density at radius 3 is 2.56 bits per heavy atom. The molecule has 6 heteroatoms. The van der Waals surface area contributed by atoms with Crippen LogP contribution in [0.2, 0.25) is 5.02 Å². The van der Waals surface area contributed by atoms with Crippen molar-refractivity contribution >= 4 is 17.5 Å². The highest BCUT2D eigenvalue weighted by molar-refractivity contribution is 6.30. The van der Waals surface area contributed by atoms with Gasteiger partial charge in [-0.2, -0.15) is 0 Å². The molecule has 0 atom stereocenters. The molecule has 3 rings (SSSR count). The zero-order chi connectivity index (χ0) is 17.9. The van der Waals surface area contributed by atoms with Gasteiger partial charge >= 0.3 is 0 Å². The summed E-state index contributed by atoms with van der Waals surface area (Å²) in [5.41, 5.74) is -1.04. The molecule has 2 heterocycles. The summed E-state index contributed by atoms with van der Waals surface area (Å²) in [4.78, 5) is 12.4. The Balaban J connectivity index is 1.58.